The standard InChI is InChI=1S/C7H18Si/c1-5-7(2)6-8(3)4/h7-8H,5-6H2,1-4H3. The van der Waals surface area contributed by atoms with Crippen molar-refractivity contribution in [2.24, 2.45) is 5.92 Å². The third-order valence-electron chi connectivity index (χ3n) is 1.57. The maximum Gasteiger partial charge on any atom is 0.0308 e. The summed E-state index contributed by atoms with van der Waals surface area (Å²) in [6.45, 7) is 9.48. The van der Waals surface area contributed by atoms with Crippen LogP contribution in [0, 0.1) is 5.92 Å². The Morgan fingerprint density at radius 2 is 1.88 bits per heavy atom. The first-order chi connectivity index (χ1) is 3.66. The van der Waals surface area contributed by atoms with Gasteiger partial charge in [0.1, 0.15) is 0 Å². The summed E-state index contributed by atoms with van der Waals surface area (Å²) < 4.78 is 0. The molecule has 1 unspecified atom stereocenters. The Hall–Kier alpha value is 0.217. The van der Waals surface area contributed by atoms with Crippen molar-refractivity contribution in [2.75, 3.05) is 0 Å². The van der Waals surface area contributed by atoms with Crippen molar-refractivity contribution in [3.8, 4) is 0 Å². The van der Waals surface area contributed by atoms with Crippen molar-refractivity contribution in [3.63, 3.8) is 0 Å². The predicted molar refractivity (Wildman–Crippen MR) is 43.1 cm³/mol. The Balaban J connectivity index is 3.10. The summed E-state index contributed by atoms with van der Waals surface area (Å²) in [5.74, 6) is 0.988. The molecule has 1 atom stereocenters. The van der Waals surface area contributed by atoms with Crippen molar-refractivity contribution >= 4 is 8.80 Å². The van der Waals surface area contributed by atoms with Crippen LogP contribution >= 0.6 is 0 Å². The highest BCUT2D eigenvalue weighted by Crippen LogP contribution is 2.09. The molecule has 0 saturated heterocycles. The maximum atomic E-state index is 2.42. The zero-order chi connectivity index (χ0) is 6.57. The van der Waals surface area contributed by atoms with E-state index in [9.17, 15) is 0 Å². The van der Waals surface area contributed by atoms with Gasteiger partial charge in [-0.25, -0.2) is 0 Å². The third kappa shape index (κ3) is 4.38. The SMILES string of the molecule is CCC(C)C[SiH](C)C. The Morgan fingerprint density at radius 3 is 2.00 bits per heavy atom. The molecular weight excluding hydrogens is 112 g/mol. The van der Waals surface area contributed by atoms with E-state index in [1.54, 1.807) is 0 Å². The molecule has 0 radical (unpaired) electrons. The molecule has 0 amide bonds. The molecule has 0 N–H and O–H groups in total. The normalized spacial score (nSPS) is 14.6. The summed E-state index contributed by atoms with van der Waals surface area (Å²) >= 11 is 0. The summed E-state index contributed by atoms with van der Waals surface area (Å²) in [4.78, 5) is 0. The fourth-order valence-electron chi connectivity index (χ4n) is 0.971. The van der Waals surface area contributed by atoms with Gasteiger partial charge in [-0.15, -0.1) is 0 Å². The molecule has 0 saturated carbocycles. The van der Waals surface area contributed by atoms with Gasteiger partial charge in [0, 0.05) is 8.80 Å². The van der Waals surface area contributed by atoms with E-state index in [1.807, 2.05) is 0 Å². The van der Waals surface area contributed by atoms with Crippen LogP contribution in [0.3, 0.4) is 0 Å². The molecule has 0 aliphatic heterocycles. The first kappa shape index (κ1) is 8.22. The lowest BCUT2D eigenvalue weighted by molar-refractivity contribution is 0.620. The van der Waals surface area contributed by atoms with Crippen LogP contribution in [0.1, 0.15) is 20.3 Å². The third-order valence-corrected chi connectivity index (χ3v) is 3.32. The Labute approximate surface area is 54.9 Å². The molecule has 0 aromatic rings. The molecule has 0 aliphatic carbocycles. The van der Waals surface area contributed by atoms with E-state index >= 15 is 0 Å². The van der Waals surface area contributed by atoms with E-state index in [4.69, 9.17) is 0 Å². The minimum absolute atomic E-state index is 0.246. The first-order valence-electron chi connectivity index (χ1n) is 3.66. The lowest BCUT2D eigenvalue weighted by Crippen LogP contribution is -2.05. The van der Waals surface area contributed by atoms with E-state index in [0.29, 0.717) is 0 Å². The van der Waals surface area contributed by atoms with Gasteiger partial charge in [-0.05, 0) is 5.92 Å². The maximum absolute atomic E-state index is 2.42. The second kappa shape index (κ2) is 4.13. The fraction of sp³-hybridized carbons (Fsp3) is 1.00. The van der Waals surface area contributed by atoms with E-state index in [0.717, 1.165) is 5.92 Å². The highest BCUT2D eigenvalue weighted by Gasteiger charge is 2.01. The molecule has 0 aliphatic rings. The van der Waals surface area contributed by atoms with Crippen LogP contribution in [0.5, 0.6) is 0 Å². The van der Waals surface area contributed by atoms with Crippen LogP contribution < -0.4 is 0 Å². The van der Waals surface area contributed by atoms with E-state index < -0.39 is 0 Å². The molecule has 0 fully saturated rings. The lowest BCUT2D eigenvalue weighted by Gasteiger charge is -2.08. The van der Waals surface area contributed by atoms with Gasteiger partial charge in [0.2, 0.25) is 0 Å². The quantitative estimate of drug-likeness (QED) is 0.515. The molecule has 50 valence electrons. The van der Waals surface area contributed by atoms with Crippen LogP contribution in [0.2, 0.25) is 19.1 Å². The fourth-order valence-corrected chi connectivity index (χ4v) is 2.91. The summed E-state index contributed by atoms with van der Waals surface area (Å²) in [6, 6.07) is 1.52. The Kier molecular flexibility index (Phi) is 4.24. The van der Waals surface area contributed by atoms with Gasteiger partial charge in [0.05, 0.1) is 0 Å². The zero-order valence-electron chi connectivity index (χ0n) is 6.57. The van der Waals surface area contributed by atoms with Gasteiger partial charge in [0.15, 0.2) is 0 Å². The zero-order valence-corrected chi connectivity index (χ0v) is 7.72. The monoisotopic (exact) mass is 130 g/mol. The van der Waals surface area contributed by atoms with Crippen molar-refractivity contribution < 1.29 is 0 Å². The first-order valence-corrected chi connectivity index (χ1v) is 6.79. The van der Waals surface area contributed by atoms with Crippen molar-refractivity contribution in [2.45, 2.75) is 39.4 Å². The van der Waals surface area contributed by atoms with Crippen molar-refractivity contribution in [3.05, 3.63) is 0 Å². The number of hydrogen-bond donors (Lipinski definition) is 0. The molecule has 0 bridgehead atoms. The molecule has 0 heterocycles. The minimum atomic E-state index is -0.246. The average molecular weight is 130 g/mol. The van der Waals surface area contributed by atoms with E-state index in [2.05, 4.69) is 26.9 Å². The van der Waals surface area contributed by atoms with Crippen LogP contribution in [0.15, 0.2) is 0 Å². The topological polar surface area (TPSA) is 0 Å². The van der Waals surface area contributed by atoms with Crippen LogP contribution in [-0.2, 0) is 0 Å². The summed E-state index contributed by atoms with van der Waals surface area (Å²) in [5, 5.41) is 0. The minimum Gasteiger partial charge on any atom is -0.0722 e. The lowest BCUT2D eigenvalue weighted by atomic mass is 10.2. The highest BCUT2D eigenvalue weighted by molar-refractivity contribution is 6.55. The van der Waals surface area contributed by atoms with Gasteiger partial charge >= 0.3 is 0 Å². The largest absolute Gasteiger partial charge is 0.0722 e. The van der Waals surface area contributed by atoms with Gasteiger partial charge in [-0.3, -0.25) is 0 Å². The molecule has 0 aromatic heterocycles. The van der Waals surface area contributed by atoms with Crippen LogP contribution in [0.25, 0.3) is 0 Å². The average Bonchev–Trinajstić information content (AvgIpc) is 1.65. The molecule has 0 rings (SSSR count). The highest BCUT2D eigenvalue weighted by atomic mass is 28.3. The summed E-state index contributed by atoms with van der Waals surface area (Å²) in [7, 11) is -0.246. The summed E-state index contributed by atoms with van der Waals surface area (Å²) in [5.41, 5.74) is 0. The van der Waals surface area contributed by atoms with Gasteiger partial charge in [0.25, 0.3) is 0 Å². The second-order valence-corrected chi connectivity index (χ2v) is 6.40. The van der Waals surface area contributed by atoms with Gasteiger partial charge < -0.3 is 0 Å². The van der Waals surface area contributed by atoms with Crippen molar-refractivity contribution in [1.82, 2.24) is 0 Å². The predicted octanol–water partition coefficient (Wildman–Crippen LogP) is 2.52. The molecule has 8 heavy (non-hydrogen) atoms. The molecule has 0 spiro atoms. The number of rotatable bonds is 3. The molecule has 0 aromatic carbocycles. The molecular formula is C7H18Si. The number of hydrogen-bond acceptors (Lipinski definition) is 0. The van der Waals surface area contributed by atoms with E-state index in [-0.39, 0.29) is 8.80 Å². The van der Waals surface area contributed by atoms with Crippen LogP contribution in [0.4, 0.5) is 0 Å². The molecule has 0 nitrogen and oxygen atoms in total. The second-order valence-electron chi connectivity index (χ2n) is 3.14. The van der Waals surface area contributed by atoms with Crippen LogP contribution in [-0.4, -0.2) is 8.80 Å². The summed E-state index contributed by atoms with van der Waals surface area (Å²) in [6.07, 6.45) is 1.37. The smallest absolute Gasteiger partial charge is 0.0308 e. The van der Waals surface area contributed by atoms with E-state index in [1.165, 1.54) is 12.5 Å². The molecule has 1 heteroatoms. The Bertz CT molecular complexity index is 50.3. The van der Waals surface area contributed by atoms with Gasteiger partial charge in [-0.1, -0.05) is 39.4 Å². The Morgan fingerprint density at radius 1 is 1.38 bits per heavy atom. The van der Waals surface area contributed by atoms with Gasteiger partial charge in [-0.2, -0.15) is 0 Å². The van der Waals surface area contributed by atoms with Crippen molar-refractivity contribution in [1.29, 1.82) is 0 Å².